The van der Waals surface area contributed by atoms with E-state index in [0.29, 0.717) is 18.8 Å². The van der Waals surface area contributed by atoms with E-state index in [4.69, 9.17) is 0 Å². The third kappa shape index (κ3) is 4.13. The van der Waals surface area contributed by atoms with Crippen molar-refractivity contribution in [3.05, 3.63) is 47.4 Å². The molecular weight excluding hydrogens is 355 g/mol. The van der Waals surface area contributed by atoms with Crippen LogP contribution in [-0.4, -0.2) is 36.1 Å². The van der Waals surface area contributed by atoms with Crippen LogP contribution < -0.4 is 9.80 Å². The molecular formula is C19H20F3N5. The zero-order valence-electron chi connectivity index (χ0n) is 15.2. The lowest BCUT2D eigenvalue weighted by atomic mass is 10.0. The van der Waals surface area contributed by atoms with E-state index in [1.807, 2.05) is 31.0 Å². The van der Waals surface area contributed by atoms with E-state index < -0.39 is 11.7 Å². The van der Waals surface area contributed by atoms with Gasteiger partial charge < -0.3 is 9.80 Å². The average molecular weight is 375 g/mol. The number of hydrogen-bond acceptors (Lipinski definition) is 5. The van der Waals surface area contributed by atoms with Crippen molar-refractivity contribution in [2.45, 2.75) is 32.0 Å². The normalized spacial score (nSPS) is 15.5. The molecule has 0 atom stereocenters. The maximum atomic E-state index is 12.9. The molecule has 1 aliphatic rings. The second-order valence-electron chi connectivity index (χ2n) is 6.69. The number of anilines is 2. The number of nitrogens with zero attached hydrogens (tertiary/aromatic N) is 5. The monoisotopic (exact) mass is 375 g/mol. The first-order valence-corrected chi connectivity index (χ1v) is 8.67. The van der Waals surface area contributed by atoms with Crippen LogP contribution in [-0.2, 0) is 6.18 Å². The van der Waals surface area contributed by atoms with Gasteiger partial charge in [0.25, 0.3) is 0 Å². The van der Waals surface area contributed by atoms with Gasteiger partial charge in [-0.2, -0.15) is 18.4 Å². The third-order valence-electron chi connectivity index (χ3n) is 4.95. The highest BCUT2D eigenvalue weighted by Gasteiger charge is 2.32. The summed E-state index contributed by atoms with van der Waals surface area (Å²) in [4.78, 5) is 12.5. The highest BCUT2D eigenvalue weighted by molar-refractivity contribution is 5.61. The summed E-state index contributed by atoms with van der Waals surface area (Å²) in [7, 11) is 1.99. The summed E-state index contributed by atoms with van der Waals surface area (Å²) in [5.74, 6) is 0.855. The van der Waals surface area contributed by atoms with Gasteiger partial charge in [0.1, 0.15) is 18.2 Å². The quantitative estimate of drug-likeness (QED) is 0.817. The number of piperidine rings is 1. The van der Waals surface area contributed by atoms with Crippen molar-refractivity contribution >= 4 is 11.5 Å². The zero-order chi connectivity index (χ0) is 19.6. The molecule has 1 aliphatic heterocycles. The number of rotatable bonds is 3. The molecule has 5 nitrogen and oxygen atoms in total. The Kier molecular flexibility index (Phi) is 5.22. The molecule has 3 rings (SSSR count). The molecule has 1 aromatic carbocycles. The van der Waals surface area contributed by atoms with Crippen LogP contribution in [0.4, 0.5) is 24.7 Å². The lowest BCUT2D eigenvalue weighted by Gasteiger charge is -2.38. The lowest BCUT2D eigenvalue weighted by Crippen LogP contribution is -2.44. The standard InChI is InChI=1S/C19H20F3N5/c1-13-9-18(25-12-24-13)26(2)16-5-7-27(8-6-16)17-4-3-15(19(20,21)22)10-14(17)11-23/h3-4,9-10,12,16H,5-8H2,1-2H3. The van der Waals surface area contributed by atoms with Gasteiger partial charge in [-0.15, -0.1) is 0 Å². The van der Waals surface area contributed by atoms with Crippen LogP contribution in [0.25, 0.3) is 0 Å². The van der Waals surface area contributed by atoms with Crippen molar-refractivity contribution in [2.24, 2.45) is 0 Å². The van der Waals surface area contributed by atoms with E-state index >= 15 is 0 Å². The lowest BCUT2D eigenvalue weighted by molar-refractivity contribution is -0.137. The van der Waals surface area contributed by atoms with E-state index in [0.717, 1.165) is 36.5 Å². The number of hydrogen-bond donors (Lipinski definition) is 0. The van der Waals surface area contributed by atoms with Gasteiger partial charge in [-0.25, -0.2) is 9.97 Å². The zero-order valence-corrected chi connectivity index (χ0v) is 15.2. The Hall–Kier alpha value is -2.82. The smallest absolute Gasteiger partial charge is 0.370 e. The van der Waals surface area contributed by atoms with Crippen LogP contribution in [0.1, 0.15) is 29.7 Å². The van der Waals surface area contributed by atoms with Gasteiger partial charge in [-0.05, 0) is 38.0 Å². The first-order valence-electron chi connectivity index (χ1n) is 8.67. The molecule has 8 heteroatoms. The average Bonchev–Trinajstić information content (AvgIpc) is 2.66. The van der Waals surface area contributed by atoms with E-state index in [1.54, 1.807) is 0 Å². The molecule has 0 aliphatic carbocycles. The van der Waals surface area contributed by atoms with E-state index in [-0.39, 0.29) is 11.6 Å². The Labute approximate surface area is 156 Å². The maximum absolute atomic E-state index is 12.9. The largest absolute Gasteiger partial charge is 0.416 e. The van der Waals surface area contributed by atoms with Crippen LogP contribution in [0.15, 0.2) is 30.6 Å². The Bertz CT molecular complexity index is 851. The molecule has 0 spiro atoms. The van der Waals surface area contributed by atoms with Gasteiger partial charge in [0.15, 0.2) is 0 Å². The summed E-state index contributed by atoms with van der Waals surface area (Å²) >= 11 is 0. The summed E-state index contributed by atoms with van der Waals surface area (Å²) in [6.07, 6.45) is -1.26. The SMILES string of the molecule is Cc1cc(N(C)C2CCN(c3ccc(C(F)(F)F)cc3C#N)CC2)ncn1. The number of nitriles is 1. The Morgan fingerprint density at radius 3 is 2.48 bits per heavy atom. The summed E-state index contributed by atoms with van der Waals surface area (Å²) in [6, 6.07) is 7.47. The van der Waals surface area contributed by atoms with Crippen molar-refractivity contribution < 1.29 is 13.2 Å². The van der Waals surface area contributed by atoms with Crippen molar-refractivity contribution in [3.8, 4) is 6.07 Å². The molecule has 27 heavy (non-hydrogen) atoms. The first kappa shape index (κ1) is 19.0. The molecule has 0 N–H and O–H groups in total. The summed E-state index contributed by atoms with van der Waals surface area (Å²) in [5.41, 5.74) is 0.719. The third-order valence-corrected chi connectivity index (χ3v) is 4.95. The molecule has 0 radical (unpaired) electrons. The van der Waals surface area contributed by atoms with Crippen LogP contribution in [0.2, 0.25) is 0 Å². The second-order valence-corrected chi connectivity index (χ2v) is 6.69. The molecule has 0 unspecified atom stereocenters. The minimum absolute atomic E-state index is 0.0584. The maximum Gasteiger partial charge on any atom is 0.416 e. The van der Waals surface area contributed by atoms with Gasteiger partial charge in [0, 0.05) is 37.9 Å². The highest BCUT2D eigenvalue weighted by Crippen LogP contribution is 2.34. The van der Waals surface area contributed by atoms with Gasteiger partial charge in [-0.1, -0.05) is 0 Å². The number of halogens is 3. The summed E-state index contributed by atoms with van der Waals surface area (Å²) in [6.45, 7) is 3.24. The molecule has 1 fully saturated rings. The second kappa shape index (κ2) is 7.43. The predicted octanol–water partition coefficient (Wildman–Crippen LogP) is 3.78. The number of aromatic nitrogens is 2. The molecule has 0 bridgehead atoms. The summed E-state index contributed by atoms with van der Waals surface area (Å²) < 4.78 is 38.6. The van der Waals surface area contributed by atoms with Crippen molar-refractivity contribution in [2.75, 3.05) is 29.9 Å². The van der Waals surface area contributed by atoms with Gasteiger partial charge >= 0.3 is 6.18 Å². The van der Waals surface area contributed by atoms with Gasteiger partial charge in [-0.3, -0.25) is 0 Å². The molecule has 2 aromatic rings. The van der Waals surface area contributed by atoms with E-state index in [9.17, 15) is 18.4 Å². The fourth-order valence-corrected chi connectivity index (χ4v) is 3.39. The van der Waals surface area contributed by atoms with Crippen LogP contribution in [0.5, 0.6) is 0 Å². The minimum atomic E-state index is -4.45. The molecule has 1 saturated heterocycles. The Morgan fingerprint density at radius 1 is 1.19 bits per heavy atom. The van der Waals surface area contributed by atoms with Crippen LogP contribution in [0.3, 0.4) is 0 Å². The van der Waals surface area contributed by atoms with Crippen molar-refractivity contribution in [3.63, 3.8) is 0 Å². The molecule has 0 amide bonds. The van der Waals surface area contributed by atoms with Crippen LogP contribution >= 0.6 is 0 Å². The minimum Gasteiger partial charge on any atom is -0.370 e. The first-order chi connectivity index (χ1) is 12.8. The van der Waals surface area contributed by atoms with Crippen molar-refractivity contribution in [1.29, 1.82) is 5.26 Å². The molecule has 2 heterocycles. The van der Waals surface area contributed by atoms with E-state index in [1.165, 1.54) is 12.4 Å². The molecule has 0 saturated carbocycles. The van der Waals surface area contributed by atoms with Gasteiger partial charge in [0.05, 0.1) is 16.8 Å². The van der Waals surface area contributed by atoms with E-state index in [2.05, 4.69) is 14.9 Å². The van der Waals surface area contributed by atoms with Gasteiger partial charge in [0.2, 0.25) is 0 Å². The molecule has 1 aromatic heterocycles. The van der Waals surface area contributed by atoms with Crippen LogP contribution in [0, 0.1) is 18.3 Å². The predicted molar refractivity (Wildman–Crippen MR) is 96.6 cm³/mol. The Morgan fingerprint density at radius 2 is 1.89 bits per heavy atom. The molecule has 142 valence electrons. The Balaban J connectivity index is 1.71. The highest BCUT2D eigenvalue weighted by atomic mass is 19.4. The fraction of sp³-hybridized carbons (Fsp3) is 0.421. The number of alkyl halides is 3. The summed E-state index contributed by atoms with van der Waals surface area (Å²) in [5, 5.41) is 9.29. The van der Waals surface area contributed by atoms with Crippen molar-refractivity contribution in [1.82, 2.24) is 9.97 Å². The topological polar surface area (TPSA) is 56.0 Å². The number of benzene rings is 1. The fourth-order valence-electron chi connectivity index (χ4n) is 3.39. The number of aryl methyl sites for hydroxylation is 1.